The molecule has 0 bridgehead atoms. The Morgan fingerprint density at radius 3 is 1.33 bits per heavy atom. The van der Waals surface area contributed by atoms with Crippen molar-refractivity contribution in [2.45, 2.75) is 18.8 Å². The van der Waals surface area contributed by atoms with Gasteiger partial charge in [-0.3, -0.25) is 0 Å². The molecule has 24 heavy (non-hydrogen) atoms. The third-order valence-electron chi connectivity index (χ3n) is 4.59. The van der Waals surface area contributed by atoms with E-state index in [-0.39, 0.29) is 17.3 Å². The molecule has 0 heterocycles. The zero-order valence-corrected chi connectivity index (χ0v) is 13.4. The van der Waals surface area contributed by atoms with Gasteiger partial charge >= 0.3 is 0 Å². The Kier molecular flexibility index (Phi) is 4.26. The minimum atomic E-state index is -0.491. The molecule has 3 aromatic rings. The summed E-state index contributed by atoms with van der Waals surface area (Å²) in [4.78, 5) is 0. The van der Waals surface area contributed by atoms with Crippen LogP contribution in [0.3, 0.4) is 0 Å². The number of halogens is 1. The smallest absolute Gasteiger partial charge is 0.123 e. The Morgan fingerprint density at radius 2 is 1.00 bits per heavy atom. The molecular weight excluding hydrogens is 303 g/mol. The van der Waals surface area contributed by atoms with Crippen LogP contribution in [0.5, 0.6) is 11.5 Å². The topological polar surface area (TPSA) is 40.5 Å². The van der Waals surface area contributed by atoms with Crippen LogP contribution in [0.4, 0.5) is 4.39 Å². The molecular formula is C21H19FO2. The van der Waals surface area contributed by atoms with E-state index < -0.39 is 5.41 Å². The first-order valence-corrected chi connectivity index (χ1v) is 7.91. The highest BCUT2D eigenvalue weighted by molar-refractivity contribution is 5.51. The van der Waals surface area contributed by atoms with Crippen molar-refractivity contribution in [1.82, 2.24) is 0 Å². The highest BCUT2D eigenvalue weighted by Gasteiger charge is 2.34. The first-order chi connectivity index (χ1) is 11.6. The minimum absolute atomic E-state index is 0.202. The number of hydrogen-bond acceptors (Lipinski definition) is 2. The Bertz CT molecular complexity index is 695. The number of hydrogen-bond donors (Lipinski definition) is 2. The number of phenols is 2. The normalized spacial score (nSPS) is 11.4. The van der Waals surface area contributed by atoms with E-state index in [2.05, 4.69) is 6.92 Å². The highest BCUT2D eigenvalue weighted by atomic mass is 19.1. The summed E-state index contributed by atoms with van der Waals surface area (Å²) in [6, 6.07) is 20.7. The summed E-state index contributed by atoms with van der Waals surface area (Å²) in [5.74, 6) is 0.127. The summed E-state index contributed by atoms with van der Waals surface area (Å²) in [5.41, 5.74) is 2.47. The molecule has 0 spiro atoms. The molecule has 3 heteroatoms. The third-order valence-corrected chi connectivity index (χ3v) is 4.59. The van der Waals surface area contributed by atoms with Crippen molar-refractivity contribution in [3.05, 3.63) is 95.3 Å². The number of rotatable bonds is 4. The quantitative estimate of drug-likeness (QED) is 0.665. The van der Waals surface area contributed by atoms with Gasteiger partial charge in [0.1, 0.15) is 17.3 Å². The maximum absolute atomic E-state index is 13.4. The molecule has 0 aromatic heterocycles. The average Bonchev–Trinajstić information content (AvgIpc) is 2.60. The van der Waals surface area contributed by atoms with Crippen LogP contribution in [0.2, 0.25) is 0 Å². The number of phenolic OH excluding ortho intramolecular Hbond substituents is 2. The van der Waals surface area contributed by atoms with E-state index in [1.807, 2.05) is 24.3 Å². The van der Waals surface area contributed by atoms with Gasteiger partial charge in [0.25, 0.3) is 0 Å². The van der Waals surface area contributed by atoms with E-state index in [0.717, 1.165) is 23.1 Å². The minimum Gasteiger partial charge on any atom is -0.508 e. The SMILES string of the molecule is CCC(c1ccc(O)cc1)(c1ccc(O)cc1)c1ccc(F)cc1. The van der Waals surface area contributed by atoms with Crippen molar-refractivity contribution in [2.75, 3.05) is 0 Å². The average molecular weight is 322 g/mol. The molecule has 0 aliphatic heterocycles. The maximum atomic E-state index is 13.4. The van der Waals surface area contributed by atoms with Gasteiger partial charge in [0.15, 0.2) is 0 Å². The van der Waals surface area contributed by atoms with Gasteiger partial charge < -0.3 is 10.2 Å². The van der Waals surface area contributed by atoms with Crippen molar-refractivity contribution < 1.29 is 14.6 Å². The predicted octanol–water partition coefficient (Wildman–Crippen LogP) is 4.98. The molecule has 2 nitrogen and oxygen atoms in total. The van der Waals surface area contributed by atoms with E-state index in [1.165, 1.54) is 12.1 Å². The molecule has 2 N–H and O–H groups in total. The summed E-state index contributed by atoms with van der Waals surface area (Å²) in [6.45, 7) is 2.07. The van der Waals surface area contributed by atoms with Crippen LogP contribution in [0.15, 0.2) is 72.8 Å². The standard InChI is InChI=1S/C21H19FO2/c1-2-21(15-3-9-18(22)10-4-15,16-5-11-19(23)12-6-16)17-7-13-20(24)14-8-17/h3-14,23-24H,2H2,1H3. The number of benzene rings is 3. The van der Waals surface area contributed by atoms with E-state index in [9.17, 15) is 14.6 Å². The largest absolute Gasteiger partial charge is 0.508 e. The molecule has 3 aromatic carbocycles. The van der Waals surface area contributed by atoms with E-state index in [4.69, 9.17) is 0 Å². The monoisotopic (exact) mass is 322 g/mol. The van der Waals surface area contributed by atoms with Gasteiger partial charge in [-0.1, -0.05) is 43.3 Å². The molecule has 3 rings (SSSR count). The van der Waals surface area contributed by atoms with Crippen molar-refractivity contribution in [3.8, 4) is 11.5 Å². The van der Waals surface area contributed by atoms with Crippen molar-refractivity contribution in [1.29, 1.82) is 0 Å². The second kappa shape index (κ2) is 6.36. The highest BCUT2D eigenvalue weighted by Crippen LogP contribution is 2.42. The molecule has 0 saturated carbocycles. The Hall–Kier alpha value is -2.81. The van der Waals surface area contributed by atoms with Gasteiger partial charge in [0.2, 0.25) is 0 Å². The lowest BCUT2D eigenvalue weighted by Gasteiger charge is -2.35. The maximum Gasteiger partial charge on any atom is 0.123 e. The van der Waals surface area contributed by atoms with Crippen molar-refractivity contribution >= 4 is 0 Å². The van der Waals surface area contributed by atoms with Crippen LogP contribution in [-0.2, 0) is 5.41 Å². The van der Waals surface area contributed by atoms with Gasteiger partial charge in [-0.15, -0.1) is 0 Å². The molecule has 0 radical (unpaired) electrons. The molecule has 0 amide bonds. The lowest BCUT2D eigenvalue weighted by molar-refractivity contribution is 0.473. The lowest BCUT2D eigenvalue weighted by atomic mass is 9.68. The van der Waals surface area contributed by atoms with Gasteiger partial charge in [-0.25, -0.2) is 4.39 Å². The van der Waals surface area contributed by atoms with Crippen LogP contribution in [0.1, 0.15) is 30.0 Å². The molecule has 0 unspecified atom stereocenters. The summed E-state index contributed by atoms with van der Waals surface area (Å²) >= 11 is 0. The molecule has 0 atom stereocenters. The van der Waals surface area contributed by atoms with Gasteiger partial charge in [-0.2, -0.15) is 0 Å². The first kappa shape index (κ1) is 16.1. The zero-order chi connectivity index (χ0) is 17.2. The van der Waals surface area contributed by atoms with Crippen LogP contribution in [-0.4, -0.2) is 10.2 Å². The van der Waals surface area contributed by atoms with E-state index in [1.54, 1.807) is 36.4 Å². The summed E-state index contributed by atoms with van der Waals surface area (Å²) in [7, 11) is 0. The van der Waals surface area contributed by atoms with Gasteiger partial charge in [0.05, 0.1) is 0 Å². The van der Waals surface area contributed by atoms with Crippen LogP contribution in [0.25, 0.3) is 0 Å². The van der Waals surface area contributed by atoms with E-state index in [0.29, 0.717) is 0 Å². The fraction of sp³-hybridized carbons (Fsp3) is 0.143. The molecule has 0 aliphatic carbocycles. The van der Waals surface area contributed by atoms with Crippen molar-refractivity contribution in [3.63, 3.8) is 0 Å². The fourth-order valence-corrected chi connectivity index (χ4v) is 3.34. The van der Waals surface area contributed by atoms with Crippen LogP contribution in [0, 0.1) is 5.82 Å². The van der Waals surface area contributed by atoms with E-state index >= 15 is 0 Å². The number of aromatic hydroxyl groups is 2. The second-order valence-electron chi connectivity index (χ2n) is 5.86. The van der Waals surface area contributed by atoms with Gasteiger partial charge in [0, 0.05) is 5.41 Å². The van der Waals surface area contributed by atoms with Gasteiger partial charge in [-0.05, 0) is 59.5 Å². The summed E-state index contributed by atoms with van der Waals surface area (Å²) in [5, 5.41) is 19.3. The Labute approximate surface area is 140 Å². The Morgan fingerprint density at radius 1 is 0.667 bits per heavy atom. The predicted molar refractivity (Wildman–Crippen MR) is 92.8 cm³/mol. The molecule has 0 fully saturated rings. The first-order valence-electron chi connectivity index (χ1n) is 7.91. The van der Waals surface area contributed by atoms with Crippen LogP contribution < -0.4 is 0 Å². The second-order valence-corrected chi connectivity index (χ2v) is 5.86. The fourth-order valence-electron chi connectivity index (χ4n) is 3.34. The summed E-state index contributed by atoms with van der Waals surface area (Å²) in [6.07, 6.45) is 0.744. The Balaban J connectivity index is 2.27. The lowest BCUT2D eigenvalue weighted by Crippen LogP contribution is -2.28. The molecule has 0 aliphatic rings. The van der Waals surface area contributed by atoms with Crippen molar-refractivity contribution in [2.24, 2.45) is 0 Å². The third kappa shape index (κ3) is 2.73. The molecule has 122 valence electrons. The zero-order valence-electron chi connectivity index (χ0n) is 13.4. The summed E-state index contributed by atoms with van der Waals surface area (Å²) < 4.78 is 13.4. The van der Waals surface area contributed by atoms with Crippen LogP contribution >= 0.6 is 0 Å². The molecule has 0 saturated heterocycles.